The quantitative estimate of drug-likeness (QED) is 0.394. The Balaban J connectivity index is 1.62. The summed E-state index contributed by atoms with van der Waals surface area (Å²) in [6.07, 6.45) is 2.26. The number of ketones is 1. The number of aromatic nitrogens is 7. The molecule has 1 aromatic carbocycles. The Morgan fingerprint density at radius 2 is 1.82 bits per heavy atom. The van der Waals surface area contributed by atoms with Gasteiger partial charge in [-0.05, 0) is 38.0 Å². The highest BCUT2D eigenvalue weighted by molar-refractivity contribution is 6.04. The van der Waals surface area contributed by atoms with E-state index in [-0.39, 0.29) is 34.0 Å². The molecule has 1 saturated carbocycles. The standard InChI is InChI=1S/C22H19F3N8O/c1-12(19-30-11-31-33(19)21-26-6-3-7-27-21)32(2)20-15-8-14(18(34)13-4-5-13)9-16(22(23,24)25)17(15)28-10-29-20/h3,6-13H,4-5H2,1-2H3/t12-/m0/s1. The van der Waals surface area contributed by atoms with Gasteiger partial charge in [-0.1, -0.05) is 0 Å². The molecule has 9 nitrogen and oxygen atoms in total. The van der Waals surface area contributed by atoms with Gasteiger partial charge in [-0.2, -0.15) is 23.0 Å². The number of hydrogen-bond donors (Lipinski definition) is 0. The van der Waals surface area contributed by atoms with E-state index in [9.17, 15) is 18.0 Å². The van der Waals surface area contributed by atoms with Crippen LogP contribution in [0.3, 0.4) is 0 Å². The highest BCUT2D eigenvalue weighted by Gasteiger charge is 2.37. The first kappa shape index (κ1) is 21.9. The fraction of sp³-hybridized carbons (Fsp3) is 0.318. The minimum Gasteiger partial charge on any atom is -0.349 e. The van der Waals surface area contributed by atoms with Gasteiger partial charge in [-0.25, -0.2) is 24.9 Å². The third kappa shape index (κ3) is 3.84. The number of alkyl halides is 3. The zero-order valence-electron chi connectivity index (χ0n) is 18.2. The Morgan fingerprint density at radius 1 is 1.09 bits per heavy atom. The maximum absolute atomic E-state index is 13.9. The Bertz CT molecular complexity index is 1370. The Morgan fingerprint density at radius 3 is 2.50 bits per heavy atom. The highest BCUT2D eigenvalue weighted by atomic mass is 19.4. The van der Waals surface area contributed by atoms with Crippen molar-refractivity contribution in [2.75, 3.05) is 11.9 Å². The lowest BCUT2D eigenvalue weighted by atomic mass is 9.99. The summed E-state index contributed by atoms with van der Waals surface area (Å²) in [6.45, 7) is 1.81. The summed E-state index contributed by atoms with van der Waals surface area (Å²) < 4.78 is 43.2. The first-order valence-corrected chi connectivity index (χ1v) is 10.6. The predicted molar refractivity (Wildman–Crippen MR) is 115 cm³/mol. The molecule has 0 saturated heterocycles. The molecule has 1 atom stereocenters. The fourth-order valence-electron chi connectivity index (χ4n) is 3.82. The van der Waals surface area contributed by atoms with Gasteiger partial charge in [0.25, 0.3) is 5.95 Å². The number of carbonyl (C=O) groups excluding carboxylic acids is 1. The summed E-state index contributed by atoms with van der Waals surface area (Å²) >= 11 is 0. The van der Waals surface area contributed by atoms with Gasteiger partial charge in [0.15, 0.2) is 11.6 Å². The third-order valence-electron chi connectivity index (χ3n) is 5.86. The number of rotatable bonds is 6. The van der Waals surface area contributed by atoms with Crippen LogP contribution in [0, 0.1) is 5.92 Å². The second-order valence-corrected chi connectivity index (χ2v) is 8.12. The molecule has 3 aromatic heterocycles. The van der Waals surface area contributed by atoms with Crippen molar-refractivity contribution in [1.82, 2.24) is 34.7 Å². The van der Waals surface area contributed by atoms with Crippen LogP contribution < -0.4 is 4.90 Å². The number of Topliss-reactive ketones (excluding diaryl/α,β-unsaturated/α-hetero) is 1. The fourth-order valence-corrected chi connectivity index (χ4v) is 3.82. The van der Waals surface area contributed by atoms with E-state index < -0.39 is 17.8 Å². The zero-order valence-corrected chi connectivity index (χ0v) is 18.2. The normalized spacial score (nSPS) is 14.9. The van der Waals surface area contributed by atoms with Crippen molar-refractivity contribution >= 4 is 22.5 Å². The second kappa shape index (κ2) is 8.12. The average Bonchev–Trinajstić information content (AvgIpc) is 3.57. The van der Waals surface area contributed by atoms with Crippen LogP contribution in [0.15, 0.2) is 43.2 Å². The maximum Gasteiger partial charge on any atom is 0.418 e. The molecular weight excluding hydrogens is 449 g/mol. The van der Waals surface area contributed by atoms with Crippen molar-refractivity contribution in [2.45, 2.75) is 32.0 Å². The van der Waals surface area contributed by atoms with Gasteiger partial charge < -0.3 is 4.90 Å². The summed E-state index contributed by atoms with van der Waals surface area (Å²) in [5.74, 6) is 0.477. The SMILES string of the molecule is C[C@@H](c1ncnn1-c1ncccn1)N(C)c1ncnc2c(C(F)(F)F)cc(C(=O)C3CC3)cc12. The highest BCUT2D eigenvalue weighted by Crippen LogP contribution is 2.40. The number of halogens is 3. The summed E-state index contributed by atoms with van der Waals surface area (Å²) in [5.41, 5.74) is -1.21. The molecule has 0 aliphatic heterocycles. The van der Waals surface area contributed by atoms with Crippen LogP contribution in [0.2, 0.25) is 0 Å². The lowest BCUT2D eigenvalue weighted by molar-refractivity contribution is -0.136. The van der Waals surface area contributed by atoms with E-state index in [1.807, 2.05) is 0 Å². The molecule has 1 fully saturated rings. The van der Waals surface area contributed by atoms with Gasteiger partial charge in [0.05, 0.1) is 17.1 Å². The van der Waals surface area contributed by atoms with Crippen LogP contribution in [-0.2, 0) is 6.18 Å². The van der Waals surface area contributed by atoms with Crippen LogP contribution >= 0.6 is 0 Å². The molecule has 34 heavy (non-hydrogen) atoms. The smallest absolute Gasteiger partial charge is 0.349 e. The first-order chi connectivity index (χ1) is 16.3. The number of hydrogen-bond acceptors (Lipinski definition) is 8. The molecule has 174 valence electrons. The van der Waals surface area contributed by atoms with Crippen LogP contribution in [0.4, 0.5) is 19.0 Å². The Labute approximate surface area is 191 Å². The molecule has 3 heterocycles. The molecule has 1 aliphatic carbocycles. The maximum atomic E-state index is 13.9. The minimum atomic E-state index is -4.68. The molecule has 1 aliphatic rings. The van der Waals surface area contributed by atoms with Crippen molar-refractivity contribution in [2.24, 2.45) is 5.92 Å². The molecule has 0 radical (unpaired) electrons. The van der Waals surface area contributed by atoms with Crippen molar-refractivity contribution in [3.63, 3.8) is 0 Å². The second-order valence-electron chi connectivity index (χ2n) is 8.12. The van der Waals surface area contributed by atoms with Crippen LogP contribution in [0.1, 0.15) is 47.6 Å². The van der Waals surface area contributed by atoms with Gasteiger partial charge in [-0.15, -0.1) is 0 Å². The minimum absolute atomic E-state index is 0.0141. The van der Waals surface area contributed by atoms with E-state index in [1.165, 1.54) is 17.1 Å². The molecular formula is C22H19F3N8O. The number of benzene rings is 1. The largest absolute Gasteiger partial charge is 0.418 e. The Hall–Kier alpha value is -3.96. The zero-order chi connectivity index (χ0) is 24.0. The summed E-state index contributed by atoms with van der Waals surface area (Å²) in [6, 6.07) is 3.53. The van der Waals surface area contributed by atoms with Crippen molar-refractivity contribution in [1.29, 1.82) is 0 Å². The van der Waals surface area contributed by atoms with E-state index in [0.717, 1.165) is 12.4 Å². The first-order valence-electron chi connectivity index (χ1n) is 10.6. The van der Waals surface area contributed by atoms with E-state index in [4.69, 9.17) is 0 Å². The van der Waals surface area contributed by atoms with Gasteiger partial charge >= 0.3 is 6.18 Å². The predicted octanol–water partition coefficient (Wildman–Crippen LogP) is 3.81. The molecule has 0 amide bonds. The molecule has 5 rings (SSSR count). The van der Waals surface area contributed by atoms with Crippen molar-refractivity contribution in [3.8, 4) is 5.95 Å². The molecule has 0 spiro atoms. The monoisotopic (exact) mass is 468 g/mol. The lowest BCUT2D eigenvalue weighted by Crippen LogP contribution is -2.26. The number of anilines is 1. The summed E-state index contributed by atoms with van der Waals surface area (Å²) in [4.78, 5) is 35.2. The van der Waals surface area contributed by atoms with Crippen LogP contribution in [0.25, 0.3) is 16.9 Å². The lowest BCUT2D eigenvalue weighted by Gasteiger charge is -2.26. The number of carbonyl (C=O) groups is 1. The van der Waals surface area contributed by atoms with E-state index >= 15 is 0 Å². The van der Waals surface area contributed by atoms with Gasteiger partial charge in [0, 0.05) is 36.3 Å². The van der Waals surface area contributed by atoms with Crippen molar-refractivity contribution in [3.05, 3.63) is 60.2 Å². The molecule has 12 heteroatoms. The third-order valence-corrected chi connectivity index (χ3v) is 5.86. The summed E-state index contributed by atoms with van der Waals surface area (Å²) in [5, 5.41) is 4.32. The van der Waals surface area contributed by atoms with Gasteiger partial charge in [0.2, 0.25) is 0 Å². The van der Waals surface area contributed by atoms with E-state index in [0.29, 0.717) is 24.6 Å². The molecule has 0 N–H and O–H groups in total. The van der Waals surface area contributed by atoms with Crippen LogP contribution in [0.5, 0.6) is 0 Å². The number of fused-ring (bicyclic) bond motifs is 1. The molecule has 0 bridgehead atoms. The van der Waals surface area contributed by atoms with E-state index in [2.05, 4.69) is 30.0 Å². The topological polar surface area (TPSA) is 103 Å². The average molecular weight is 468 g/mol. The molecule has 0 unspecified atom stereocenters. The Kier molecular flexibility index (Phi) is 5.22. The molecule has 4 aromatic rings. The summed E-state index contributed by atoms with van der Waals surface area (Å²) in [7, 11) is 1.68. The number of nitrogens with zero attached hydrogens (tertiary/aromatic N) is 8. The van der Waals surface area contributed by atoms with Crippen molar-refractivity contribution < 1.29 is 18.0 Å². The van der Waals surface area contributed by atoms with Crippen LogP contribution in [-0.4, -0.2) is 47.5 Å². The van der Waals surface area contributed by atoms with Gasteiger partial charge in [-0.3, -0.25) is 4.79 Å². The van der Waals surface area contributed by atoms with Gasteiger partial charge in [0.1, 0.15) is 18.5 Å². The van der Waals surface area contributed by atoms with E-state index in [1.54, 1.807) is 37.3 Å².